The van der Waals surface area contributed by atoms with E-state index in [0.29, 0.717) is 32.5 Å². The molecule has 0 rings (SSSR count). The molecular formula is C13H27N3O3. The number of methoxy groups -OCH3 is 1. The molecule has 6 heteroatoms. The predicted molar refractivity (Wildman–Crippen MR) is 74.7 cm³/mol. The quantitative estimate of drug-likeness (QED) is 0.570. The Morgan fingerprint density at radius 3 is 2.32 bits per heavy atom. The maximum absolute atomic E-state index is 11.8. The Morgan fingerprint density at radius 2 is 1.74 bits per heavy atom. The molecule has 0 aliphatic rings. The van der Waals surface area contributed by atoms with E-state index < -0.39 is 0 Å². The molecule has 2 N–H and O–H groups in total. The van der Waals surface area contributed by atoms with Crippen LogP contribution in [0.3, 0.4) is 0 Å². The molecule has 0 saturated carbocycles. The van der Waals surface area contributed by atoms with Crippen LogP contribution >= 0.6 is 0 Å². The highest BCUT2D eigenvalue weighted by molar-refractivity contribution is 5.76. The van der Waals surface area contributed by atoms with Gasteiger partial charge in [-0.25, -0.2) is 0 Å². The summed E-state index contributed by atoms with van der Waals surface area (Å²) in [5, 5.41) is 0. The maximum Gasteiger partial charge on any atom is 0.305 e. The SMILES string of the molecule is COC(=O)CCCN(C)CCC(=O)N(C)CCCN. The molecular weight excluding hydrogens is 246 g/mol. The van der Waals surface area contributed by atoms with Crippen molar-refractivity contribution in [2.24, 2.45) is 5.73 Å². The van der Waals surface area contributed by atoms with Crippen molar-refractivity contribution in [2.45, 2.75) is 25.7 Å². The van der Waals surface area contributed by atoms with Gasteiger partial charge < -0.3 is 20.3 Å². The van der Waals surface area contributed by atoms with Crippen molar-refractivity contribution in [3.05, 3.63) is 0 Å². The number of nitrogens with two attached hydrogens (primary N) is 1. The fourth-order valence-corrected chi connectivity index (χ4v) is 1.64. The first-order chi connectivity index (χ1) is 9.01. The first-order valence-electron chi connectivity index (χ1n) is 6.70. The first-order valence-corrected chi connectivity index (χ1v) is 6.70. The third-order valence-electron chi connectivity index (χ3n) is 2.98. The molecule has 1 amide bonds. The van der Waals surface area contributed by atoms with Crippen LogP contribution in [0, 0.1) is 0 Å². The zero-order chi connectivity index (χ0) is 14.7. The van der Waals surface area contributed by atoms with E-state index in [1.165, 1.54) is 7.11 Å². The molecule has 0 heterocycles. The van der Waals surface area contributed by atoms with Crippen molar-refractivity contribution in [1.82, 2.24) is 9.80 Å². The Labute approximate surface area is 115 Å². The van der Waals surface area contributed by atoms with Gasteiger partial charge in [0.15, 0.2) is 0 Å². The predicted octanol–water partition coefficient (Wildman–Crippen LogP) is 0.0687. The van der Waals surface area contributed by atoms with E-state index >= 15 is 0 Å². The summed E-state index contributed by atoms with van der Waals surface area (Å²) in [6.07, 6.45) is 2.50. The van der Waals surface area contributed by atoms with E-state index in [1.54, 1.807) is 11.9 Å². The topological polar surface area (TPSA) is 75.9 Å². The van der Waals surface area contributed by atoms with Crippen molar-refractivity contribution in [3.63, 3.8) is 0 Å². The van der Waals surface area contributed by atoms with Crippen LogP contribution in [0.2, 0.25) is 0 Å². The van der Waals surface area contributed by atoms with Crippen molar-refractivity contribution < 1.29 is 14.3 Å². The number of ether oxygens (including phenoxy) is 1. The minimum absolute atomic E-state index is 0.133. The molecule has 6 nitrogen and oxygen atoms in total. The van der Waals surface area contributed by atoms with Gasteiger partial charge in [0, 0.05) is 33.0 Å². The number of esters is 1. The van der Waals surface area contributed by atoms with Crippen molar-refractivity contribution in [2.75, 3.05) is 47.4 Å². The third kappa shape index (κ3) is 9.44. The van der Waals surface area contributed by atoms with Gasteiger partial charge in [-0.3, -0.25) is 9.59 Å². The number of amides is 1. The second kappa shape index (κ2) is 10.8. The van der Waals surface area contributed by atoms with Gasteiger partial charge >= 0.3 is 5.97 Å². The molecule has 0 aliphatic heterocycles. The molecule has 0 bridgehead atoms. The van der Waals surface area contributed by atoms with Crippen LogP contribution in [0.15, 0.2) is 0 Å². The van der Waals surface area contributed by atoms with Gasteiger partial charge in [-0.1, -0.05) is 0 Å². The number of rotatable bonds is 10. The molecule has 0 radical (unpaired) electrons. The number of hydrogen-bond donors (Lipinski definition) is 1. The fourth-order valence-electron chi connectivity index (χ4n) is 1.64. The molecule has 0 unspecified atom stereocenters. The zero-order valence-electron chi connectivity index (χ0n) is 12.4. The normalized spacial score (nSPS) is 10.6. The summed E-state index contributed by atoms with van der Waals surface area (Å²) in [4.78, 5) is 26.5. The lowest BCUT2D eigenvalue weighted by Gasteiger charge is -2.20. The van der Waals surface area contributed by atoms with E-state index in [4.69, 9.17) is 5.73 Å². The number of hydrogen-bond acceptors (Lipinski definition) is 5. The molecule has 0 saturated heterocycles. The van der Waals surface area contributed by atoms with Crippen molar-refractivity contribution >= 4 is 11.9 Å². The van der Waals surface area contributed by atoms with Gasteiger partial charge in [-0.15, -0.1) is 0 Å². The minimum Gasteiger partial charge on any atom is -0.469 e. The Hall–Kier alpha value is -1.14. The van der Waals surface area contributed by atoms with E-state index in [1.807, 2.05) is 7.05 Å². The highest BCUT2D eigenvalue weighted by atomic mass is 16.5. The summed E-state index contributed by atoms with van der Waals surface area (Å²) in [5.41, 5.74) is 5.41. The molecule has 0 atom stereocenters. The Balaban J connectivity index is 3.68. The second-order valence-corrected chi connectivity index (χ2v) is 4.69. The van der Waals surface area contributed by atoms with Gasteiger partial charge in [0.05, 0.1) is 7.11 Å². The molecule has 0 aromatic rings. The van der Waals surface area contributed by atoms with Gasteiger partial charge in [-0.2, -0.15) is 0 Å². The van der Waals surface area contributed by atoms with Crippen molar-refractivity contribution in [1.29, 1.82) is 0 Å². The summed E-state index contributed by atoms with van der Waals surface area (Å²) < 4.78 is 4.57. The third-order valence-corrected chi connectivity index (χ3v) is 2.98. The largest absolute Gasteiger partial charge is 0.469 e. The lowest BCUT2D eigenvalue weighted by atomic mass is 10.2. The van der Waals surface area contributed by atoms with E-state index in [-0.39, 0.29) is 11.9 Å². The average molecular weight is 273 g/mol. The average Bonchev–Trinajstić information content (AvgIpc) is 2.41. The second-order valence-electron chi connectivity index (χ2n) is 4.69. The van der Waals surface area contributed by atoms with Gasteiger partial charge in [0.2, 0.25) is 5.91 Å². The first kappa shape index (κ1) is 17.9. The Kier molecular flexibility index (Phi) is 10.1. The van der Waals surface area contributed by atoms with E-state index in [0.717, 1.165) is 19.4 Å². The molecule has 0 aromatic heterocycles. The highest BCUT2D eigenvalue weighted by Gasteiger charge is 2.09. The van der Waals surface area contributed by atoms with Crippen molar-refractivity contribution in [3.8, 4) is 0 Å². The van der Waals surface area contributed by atoms with Crippen LogP contribution < -0.4 is 5.73 Å². The molecule has 0 aliphatic carbocycles. The zero-order valence-corrected chi connectivity index (χ0v) is 12.4. The van der Waals surface area contributed by atoms with Gasteiger partial charge in [0.1, 0.15) is 0 Å². The van der Waals surface area contributed by atoms with Crippen LogP contribution in [0.5, 0.6) is 0 Å². The Morgan fingerprint density at radius 1 is 1.05 bits per heavy atom. The minimum atomic E-state index is -0.189. The molecule has 0 aromatic carbocycles. The number of carbonyl (C=O) groups is 2. The van der Waals surface area contributed by atoms with Crippen LogP contribution in [0.1, 0.15) is 25.7 Å². The maximum atomic E-state index is 11.8. The summed E-state index contributed by atoms with van der Waals surface area (Å²) in [6.45, 7) is 2.80. The lowest BCUT2D eigenvalue weighted by molar-refractivity contribution is -0.140. The molecule has 0 fully saturated rings. The van der Waals surface area contributed by atoms with Crippen LogP contribution in [0.4, 0.5) is 0 Å². The summed E-state index contributed by atoms with van der Waals surface area (Å²) in [5.74, 6) is -0.0562. The van der Waals surface area contributed by atoms with E-state index in [9.17, 15) is 9.59 Å². The molecule has 19 heavy (non-hydrogen) atoms. The lowest BCUT2D eigenvalue weighted by Crippen LogP contribution is -2.32. The Bertz CT molecular complexity index is 272. The fraction of sp³-hybridized carbons (Fsp3) is 0.846. The van der Waals surface area contributed by atoms with Gasteiger partial charge in [-0.05, 0) is 33.0 Å². The smallest absolute Gasteiger partial charge is 0.305 e. The number of nitrogens with zero attached hydrogens (tertiary/aromatic N) is 2. The van der Waals surface area contributed by atoms with E-state index in [2.05, 4.69) is 9.64 Å². The monoisotopic (exact) mass is 273 g/mol. The number of carbonyl (C=O) groups excluding carboxylic acids is 2. The summed E-state index contributed by atoms with van der Waals surface area (Å²) >= 11 is 0. The van der Waals surface area contributed by atoms with Crippen LogP contribution in [-0.4, -0.2) is 69.1 Å². The molecule has 112 valence electrons. The van der Waals surface area contributed by atoms with Crippen LogP contribution in [0.25, 0.3) is 0 Å². The summed E-state index contributed by atoms with van der Waals surface area (Å²) in [6, 6.07) is 0. The van der Waals surface area contributed by atoms with Gasteiger partial charge in [0.25, 0.3) is 0 Å². The summed E-state index contributed by atoms with van der Waals surface area (Å²) in [7, 11) is 5.14. The molecule has 0 spiro atoms. The van der Waals surface area contributed by atoms with Crippen LogP contribution in [-0.2, 0) is 14.3 Å². The highest BCUT2D eigenvalue weighted by Crippen LogP contribution is 1.98. The standard InChI is InChI=1S/C13H27N3O3/c1-15(9-4-6-13(18)19-3)11-7-12(17)16(2)10-5-8-14/h4-11,14H2,1-3H3.